The van der Waals surface area contributed by atoms with Gasteiger partial charge in [-0.25, -0.2) is 13.1 Å². The summed E-state index contributed by atoms with van der Waals surface area (Å²) in [6.07, 6.45) is 0.712. The number of rotatable bonds is 9. The van der Waals surface area contributed by atoms with Gasteiger partial charge in [0.05, 0.1) is 12.0 Å². The number of guanidine groups is 1. The van der Waals surface area contributed by atoms with Gasteiger partial charge < -0.3 is 15.4 Å². The Balaban J connectivity index is 1.73. The van der Waals surface area contributed by atoms with E-state index in [1.807, 2.05) is 12.1 Å². The van der Waals surface area contributed by atoms with Crippen molar-refractivity contribution in [3.05, 3.63) is 59.1 Å². The first-order chi connectivity index (χ1) is 13.5. The van der Waals surface area contributed by atoms with Gasteiger partial charge in [-0.2, -0.15) is 0 Å². The number of nitrogens with zero attached hydrogens (tertiary/aromatic N) is 1. The fourth-order valence-corrected chi connectivity index (χ4v) is 3.76. The number of hydrogen-bond acceptors (Lipinski definition) is 4. The molecule has 3 N–H and O–H groups in total. The minimum Gasteiger partial charge on any atom is -0.497 e. The first-order valence-corrected chi connectivity index (χ1v) is 10.6. The second-order valence-corrected chi connectivity index (χ2v) is 8.02. The molecule has 0 radical (unpaired) electrons. The van der Waals surface area contributed by atoms with Gasteiger partial charge in [0.1, 0.15) is 5.75 Å². The Morgan fingerprint density at radius 2 is 1.79 bits per heavy atom. The van der Waals surface area contributed by atoms with Crippen molar-refractivity contribution >= 4 is 27.6 Å². The molecule has 2 aromatic carbocycles. The lowest BCUT2D eigenvalue weighted by Gasteiger charge is -2.13. The second-order valence-electron chi connectivity index (χ2n) is 5.84. The number of aliphatic imine (C=N–C) groups is 1. The number of ether oxygens (including phenoxy) is 1. The van der Waals surface area contributed by atoms with Crippen LogP contribution in [0.5, 0.6) is 5.75 Å². The van der Waals surface area contributed by atoms with Gasteiger partial charge in [-0.05, 0) is 36.2 Å². The van der Waals surface area contributed by atoms with Crippen LogP contribution in [0.1, 0.15) is 5.56 Å². The van der Waals surface area contributed by atoms with Gasteiger partial charge in [0.25, 0.3) is 0 Å². The fraction of sp³-hybridized carbons (Fsp3) is 0.316. The number of sulfonamides is 1. The monoisotopic (exact) mass is 424 g/mol. The highest BCUT2D eigenvalue weighted by Crippen LogP contribution is 2.22. The van der Waals surface area contributed by atoms with Crippen LogP contribution >= 0.6 is 11.6 Å². The maximum absolute atomic E-state index is 12.1. The molecule has 2 aromatic rings. The predicted octanol–water partition coefficient (Wildman–Crippen LogP) is 2.03. The molecule has 2 rings (SSSR count). The molecule has 0 aliphatic heterocycles. The van der Waals surface area contributed by atoms with Crippen LogP contribution in [0.3, 0.4) is 0 Å². The van der Waals surface area contributed by atoms with E-state index in [0.717, 1.165) is 11.3 Å². The third kappa shape index (κ3) is 6.70. The first kappa shape index (κ1) is 22.0. The minimum absolute atomic E-state index is 0.238. The number of hydrogen-bond donors (Lipinski definition) is 3. The molecule has 152 valence electrons. The topological polar surface area (TPSA) is 91.8 Å². The Bertz CT molecular complexity index is 889. The summed E-state index contributed by atoms with van der Waals surface area (Å²) in [7, 11) is -0.247. The van der Waals surface area contributed by atoms with Crippen molar-refractivity contribution in [1.29, 1.82) is 0 Å². The summed E-state index contributed by atoms with van der Waals surface area (Å²) in [6.45, 7) is 1.26. The molecular weight excluding hydrogens is 400 g/mol. The van der Waals surface area contributed by atoms with Crippen LogP contribution < -0.4 is 20.1 Å². The number of nitrogens with one attached hydrogen (secondary N) is 3. The van der Waals surface area contributed by atoms with Crippen LogP contribution in [0.25, 0.3) is 0 Å². The SMILES string of the molecule is CN=C(NCCNS(=O)(=O)c1ccccc1)NCCc1ccc(OC)cc1Cl. The van der Waals surface area contributed by atoms with Gasteiger partial charge in [0.2, 0.25) is 10.0 Å². The molecule has 0 atom stereocenters. The van der Waals surface area contributed by atoms with E-state index in [-0.39, 0.29) is 11.4 Å². The van der Waals surface area contributed by atoms with Crippen LogP contribution in [0.15, 0.2) is 58.4 Å². The summed E-state index contributed by atoms with van der Waals surface area (Å²) in [5, 5.41) is 6.90. The molecule has 9 heteroatoms. The normalized spacial score (nSPS) is 11.9. The zero-order valence-electron chi connectivity index (χ0n) is 15.9. The van der Waals surface area contributed by atoms with E-state index >= 15 is 0 Å². The fourth-order valence-electron chi connectivity index (χ4n) is 2.44. The van der Waals surface area contributed by atoms with Crippen molar-refractivity contribution in [1.82, 2.24) is 15.4 Å². The van der Waals surface area contributed by atoms with Gasteiger partial charge in [0.15, 0.2) is 5.96 Å². The molecule has 28 heavy (non-hydrogen) atoms. The van der Waals surface area contributed by atoms with Crippen molar-refractivity contribution in [2.24, 2.45) is 4.99 Å². The molecule has 0 saturated heterocycles. The molecule has 0 spiro atoms. The molecule has 0 unspecified atom stereocenters. The molecule has 0 saturated carbocycles. The second kappa shape index (κ2) is 10.9. The largest absolute Gasteiger partial charge is 0.497 e. The van der Waals surface area contributed by atoms with Gasteiger partial charge in [0, 0.05) is 31.7 Å². The lowest BCUT2D eigenvalue weighted by atomic mass is 10.1. The molecule has 0 aliphatic rings. The molecule has 0 bridgehead atoms. The molecule has 0 amide bonds. The van der Waals surface area contributed by atoms with Gasteiger partial charge in [-0.3, -0.25) is 4.99 Å². The lowest BCUT2D eigenvalue weighted by molar-refractivity contribution is 0.414. The summed E-state index contributed by atoms with van der Waals surface area (Å²) < 4.78 is 32.0. The third-order valence-corrected chi connectivity index (χ3v) is 5.76. The Labute approximate surface area is 171 Å². The highest BCUT2D eigenvalue weighted by molar-refractivity contribution is 7.89. The molecule has 7 nitrogen and oxygen atoms in total. The van der Waals surface area contributed by atoms with Gasteiger partial charge >= 0.3 is 0 Å². The quantitative estimate of drug-likeness (QED) is 0.325. The predicted molar refractivity (Wildman–Crippen MR) is 113 cm³/mol. The summed E-state index contributed by atoms with van der Waals surface area (Å²) in [5.41, 5.74) is 1.00. The van der Waals surface area contributed by atoms with Crippen LogP contribution in [0.2, 0.25) is 5.02 Å². The van der Waals surface area contributed by atoms with E-state index in [1.165, 1.54) is 0 Å². The number of methoxy groups -OCH3 is 1. The standard InChI is InChI=1S/C19H25ClN4O3S/c1-21-19(22-11-10-15-8-9-16(27-2)14-18(15)20)23-12-13-24-28(25,26)17-6-4-3-5-7-17/h3-9,14,24H,10-13H2,1-2H3,(H2,21,22,23). The molecule has 0 aromatic heterocycles. The van der Waals surface area contributed by atoms with Crippen molar-refractivity contribution < 1.29 is 13.2 Å². The molecular formula is C19H25ClN4O3S. The average Bonchev–Trinajstić information content (AvgIpc) is 2.71. The Kier molecular flexibility index (Phi) is 8.56. The van der Waals surface area contributed by atoms with Crippen molar-refractivity contribution in [2.45, 2.75) is 11.3 Å². The maximum Gasteiger partial charge on any atom is 0.240 e. The van der Waals surface area contributed by atoms with Crippen LogP contribution in [-0.2, 0) is 16.4 Å². The highest BCUT2D eigenvalue weighted by atomic mass is 35.5. The van der Waals surface area contributed by atoms with Gasteiger partial charge in [-0.15, -0.1) is 0 Å². The first-order valence-electron chi connectivity index (χ1n) is 8.78. The Hall–Kier alpha value is -2.29. The summed E-state index contributed by atoms with van der Waals surface area (Å²) in [5.74, 6) is 1.31. The third-order valence-electron chi connectivity index (χ3n) is 3.93. The van der Waals surface area contributed by atoms with Crippen LogP contribution in [-0.4, -0.2) is 48.2 Å². The van der Waals surface area contributed by atoms with E-state index in [9.17, 15) is 8.42 Å². The molecule has 0 heterocycles. The van der Waals surface area contributed by atoms with Crippen molar-refractivity contribution in [3.63, 3.8) is 0 Å². The average molecular weight is 425 g/mol. The van der Waals surface area contributed by atoms with E-state index in [2.05, 4.69) is 20.3 Å². The lowest BCUT2D eigenvalue weighted by Crippen LogP contribution is -2.42. The summed E-state index contributed by atoms with van der Waals surface area (Å²) in [4.78, 5) is 4.37. The smallest absolute Gasteiger partial charge is 0.240 e. The van der Waals surface area contributed by atoms with E-state index in [4.69, 9.17) is 16.3 Å². The minimum atomic E-state index is -3.50. The number of halogens is 1. The molecule has 0 fully saturated rings. The van der Waals surface area contributed by atoms with Crippen LogP contribution in [0, 0.1) is 0 Å². The van der Waals surface area contributed by atoms with E-state index in [1.54, 1.807) is 50.6 Å². The van der Waals surface area contributed by atoms with Crippen LogP contribution in [0.4, 0.5) is 0 Å². The zero-order valence-corrected chi connectivity index (χ0v) is 17.5. The van der Waals surface area contributed by atoms with Crippen molar-refractivity contribution in [2.75, 3.05) is 33.8 Å². The van der Waals surface area contributed by atoms with E-state index in [0.29, 0.717) is 30.5 Å². The molecule has 0 aliphatic carbocycles. The summed E-state index contributed by atoms with van der Waals surface area (Å²) in [6, 6.07) is 13.8. The summed E-state index contributed by atoms with van der Waals surface area (Å²) >= 11 is 6.23. The zero-order chi connectivity index (χ0) is 20.4. The Morgan fingerprint density at radius 1 is 1.07 bits per heavy atom. The maximum atomic E-state index is 12.1. The highest BCUT2D eigenvalue weighted by Gasteiger charge is 2.12. The number of benzene rings is 2. The van der Waals surface area contributed by atoms with Crippen molar-refractivity contribution in [3.8, 4) is 5.75 Å². The van der Waals surface area contributed by atoms with Gasteiger partial charge in [-0.1, -0.05) is 35.9 Å². The van der Waals surface area contributed by atoms with E-state index < -0.39 is 10.0 Å². The Morgan fingerprint density at radius 3 is 2.43 bits per heavy atom.